The topological polar surface area (TPSA) is 30.7 Å². The van der Waals surface area contributed by atoms with Crippen molar-refractivity contribution in [1.82, 2.24) is 15.0 Å². The van der Waals surface area contributed by atoms with E-state index in [0.717, 1.165) is 16.6 Å². The number of benzene rings is 2. The van der Waals surface area contributed by atoms with Crippen molar-refractivity contribution < 1.29 is 20.1 Å². The monoisotopic (exact) mass is 401 g/mol. The first-order valence-corrected chi connectivity index (χ1v) is 5.11. The third-order valence-electron chi connectivity index (χ3n) is 2.58. The Kier molecular flexibility index (Phi) is 3.36. The number of hydrogen-bond donors (Lipinski definition) is 0. The maximum Gasteiger partial charge on any atom is 0.0306 e. The van der Waals surface area contributed by atoms with E-state index in [0.29, 0.717) is 0 Å². The average Bonchev–Trinajstić information content (AvgIpc) is 2.75. The molecule has 0 aliphatic rings. The SMILES string of the molecule is Cn1cc(-c2[c-]ccc3ccccc23)nn1.[Ir]. The van der Waals surface area contributed by atoms with Crippen LogP contribution >= 0.6 is 0 Å². The summed E-state index contributed by atoms with van der Waals surface area (Å²) >= 11 is 0. The van der Waals surface area contributed by atoms with Gasteiger partial charge in [-0.2, -0.15) is 5.10 Å². The van der Waals surface area contributed by atoms with E-state index in [2.05, 4.69) is 34.6 Å². The molecule has 0 saturated heterocycles. The molecular weight excluding hydrogens is 390 g/mol. The molecule has 0 bridgehead atoms. The molecular formula is C13H10IrN3-. The maximum absolute atomic E-state index is 4.12. The summed E-state index contributed by atoms with van der Waals surface area (Å²) in [6, 6.07) is 15.4. The van der Waals surface area contributed by atoms with Gasteiger partial charge in [0.25, 0.3) is 0 Å². The summed E-state index contributed by atoms with van der Waals surface area (Å²) in [5, 5.41) is 10.4. The molecule has 87 valence electrons. The van der Waals surface area contributed by atoms with Gasteiger partial charge in [0, 0.05) is 39.0 Å². The average molecular weight is 400 g/mol. The number of rotatable bonds is 1. The molecule has 3 nitrogen and oxygen atoms in total. The number of fused-ring (bicyclic) bond motifs is 1. The maximum atomic E-state index is 4.12. The van der Waals surface area contributed by atoms with Crippen molar-refractivity contribution >= 4 is 10.8 Å². The van der Waals surface area contributed by atoms with Crippen molar-refractivity contribution in [3.05, 3.63) is 48.7 Å². The molecule has 0 amide bonds. The zero-order valence-corrected chi connectivity index (χ0v) is 11.6. The predicted octanol–water partition coefficient (Wildman–Crippen LogP) is 2.43. The largest absolute Gasteiger partial charge is 0.265 e. The van der Waals surface area contributed by atoms with Crippen LogP contribution in [0.1, 0.15) is 0 Å². The Hall–Kier alpha value is -1.51. The van der Waals surface area contributed by atoms with Crippen molar-refractivity contribution in [2.45, 2.75) is 0 Å². The van der Waals surface area contributed by atoms with E-state index < -0.39 is 0 Å². The van der Waals surface area contributed by atoms with Gasteiger partial charge in [0.1, 0.15) is 0 Å². The number of hydrogen-bond acceptors (Lipinski definition) is 2. The first kappa shape index (κ1) is 12.0. The van der Waals surface area contributed by atoms with Crippen LogP contribution in [0.4, 0.5) is 0 Å². The van der Waals surface area contributed by atoms with Crippen molar-refractivity contribution in [3.8, 4) is 11.3 Å². The molecule has 3 aromatic rings. The Bertz CT molecular complexity index is 640. The van der Waals surface area contributed by atoms with Crippen LogP contribution in [0.25, 0.3) is 22.0 Å². The summed E-state index contributed by atoms with van der Waals surface area (Å²) in [4.78, 5) is 0. The van der Waals surface area contributed by atoms with Crippen LogP contribution in [0.15, 0.2) is 42.6 Å². The Morgan fingerprint density at radius 2 is 2.00 bits per heavy atom. The van der Waals surface area contributed by atoms with Crippen molar-refractivity contribution in [3.63, 3.8) is 0 Å². The molecule has 1 heterocycles. The zero-order valence-electron chi connectivity index (χ0n) is 9.22. The second kappa shape index (κ2) is 4.78. The summed E-state index contributed by atoms with van der Waals surface area (Å²) in [7, 11) is 1.86. The molecule has 0 aliphatic carbocycles. The third kappa shape index (κ3) is 2.14. The van der Waals surface area contributed by atoms with E-state index in [4.69, 9.17) is 0 Å². The van der Waals surface area contributed by atoms with Crippen LogP contribution in [0.2, 0.25) is 0 Å². The fraction of sp³-hybridized carbons (Fsp3) is 0.0769. The molecule has 4 heteroatoms. The van der Waals surface area contributed by atoms with Gasteiger partial charge < -0.3 is 0 Å². The number of aryl methyl sites for hydroxylation is 1. The Morgan fingerprint density at radius 3 is 2.76 bits per heavy atom. The second-order valence-corrected chi connectivity index (χ2v) is 3.72. The van der Waals surface area contributed by atoms with Gasteiger partial charge in [-0.25, -0.2) is 0 Å². The standard InChI is InChI=1S/C13H10N3.Ir/c1-16-9-13(14-15-16)12-8-4-6-10-5-2-3-7-11(10)12;/h2-7,9H,1H3;/q-1;. The van der Waals surface area contributed by atoms with Crippen molar-refractivity contribution in [1.29, 1.82) is 0 Å². The van der Waals surface area contributed by atoms with Crippen molar-refractivity contribution in [2.75, 3.05) is 0 Å². The van der Waals surface area contributed by atoms with E-state index in [1.165, 1.54) is 5.39 Å². The van der Waals surface area contributed by atoms with E-state index in [-0.39, 0.29) is 20.1 Å². The first-order valence-electron chi connectivity index (χ1n) is 5.11. The summed E-state index contributed by atoms with van der Waals surface area (Å²) in [5.41, 5.74) is 1.87. The van der Waals surface area contributed by atoms with Gasteiger partial charge in [-0.1, -0.05) is 34.9 Å². The molecule has 3 rings (SSSR count). The van der Waals surface area contributed by atoms with E-state index in [9.17, 15) is 0 Å². The van der Waals surface area contributed by atoms with Crippen LogP contribution in [-0.4, -0.2) is 15.0 Å². The first-order chi connectivity index (χ1) is 7.84. The van der Waals surface area contributed by atoms with Gasteiger partial charge in [-0.05, 0) is 0 Å². The van der Waals surface area contributed by atoms with Gasteiger partial charge in [0.2, 0.25) is 0 Å². The Labute approximate surface area is 113 Å². The number of nitrogens with zero attached hydrogens (tertiary/aromatic N) is 3. The quantitative estimate of drug-likeness (QED) is 0.588. The van der Waals surface area contributed by atoms with Gasteiger partial charge in [0.15, 0.2) is 0 Å². The molecule has 1 aromatic heterocycles. The fourth-order valence-electron chi connectivity index (χ4n) is 1.84. The van der Waals surface area contributed by atoms with Crippen LogP contribution in [0.3, 0.4) is 0 Å². The third-order valence-corrected chi connectivity index (χ3v) is 2.58. The molecule has 17 heavy (non-hydrogen) atoms. The smallest absolute Gasteiger partial charge is 0.0306 e. The van der Waals surface area contributed by atoms with E-state index >= 15 is 0 Å². The van der Waals surface area contributed by atoms with Crippen LogP contribution < -0.4 is 0 Å². The Morgan fingerprint density at radius 1 is 1.18 bits per heavy atom. The minimum Gasteiger partial charge on any atom is -0.265 e. The minimum absolute atomic E-state index is 0. The minimum atomic E-state index is 0. The fourth-order valence-corrected chi connectivity index (χ4v) is 1.84. The van der Waals surface area contributed by atoms with E-state index in [1.807, 2.05) is 31.4 Å². The molecule has 0 unspecified atom stereocenters. The van der Waals surface area contributed by atoms with Gasteiger partial charge in [-0.15, -0.1) is 29.1 Å². The van der Waals surface area contributed by atoms with Crippen LogP contribution in [0.5, 0.6) is 0 Å². The van der Waals surface area contributed by atoms with Crippen LogP contribution in [-0.2, 0) is 27.2 Å². The molecule has 0 aliphatic heterocycles. The summed E-state index contributed by atoms with van der Waals surface area (Å²) < 4.78 is 1.70. The summed E-state index contributed by atoms with van der Waals surface area (Å²) in [5.74, 6) is 0. The Balaban J connectivity index is 0.00000108. The van der Waals surface area contributed by atoms with Crippen molar-refractivity contribution in [2.24, 2.45) is 7.05 Å². The predicted molar refractivity (Wildman–Crippen MR) is 62.8 cm³/mol. The van der Waals surface area contributed by atoms with Gasteiger partial charge >= 0.3 is 0 Å². The molecule has 0 fully saturated rings. The van der Waals surface area contributed by atoms with Gasteiger partial charge in [-0.3, -0.25) is 4.68 Å². The zero-order chi connectivity index (χ0) is 11.0. The molecule has 0 saturated carbocycles. The van der Waals surface area contributed by atoms with Gasteiger partial charge in [0.05, 0.1) is 0 Å². The summed E-state index contributed by atoms with van der Waals surface area (Å²) in [6.45, 7) is 0. The van der Waals surface area contributed by atoms with E-state index in [1.54, 1.807) is 4.68 Å². The molecule has 2 aromatic carbocycles. The molecule has 0 atom stereocenters. The molecule has 0 spiro atoms. The number of aromatic nitrogens is 3. The molecule has 1 radical (unpaired) electrons. The second-order valence-electron chi connectivity index (χ2n) is 3.72. The van der Waals surface area contributed by atoms with Crippen LogP contribution in [0, 0.1) is 6.07 Å². The summed E-state index contributed by atoms with van der Waals surface area (Å²) in [6.07, 6.45) is 1.90. The normalized spacial score (nSPS) is 10.2. The molecule has 0 N–H and O–H groups in total.